The van der Waals surface area contributed by atoms with Gasteiger partial charge in [0.25, 0.3) is 0 Å². The predicted molar refractivity (Wildman–Crippen MR) is 88.4 cm³/mol. The fourth-order valence-electron chi connectivity index (χ4n) is 3.24. The lowest BCUT2D eigenvalue weighted by atomic mass is 10.0. The molecule has 1 amide bonds. The predicted octanol–water partition coefficient (Wildman–Crippen LogP) is 2.03. The largest absolute Gasteiger partial charge is 0.379 e. The maximum absolute atomic E-state index is 12.5. The second-order valence-electron chi connectivity index (χ2n) is 6.33. The molecule has 1 aliphatic rings. The fourth-order valence-corrected chi connectivity index (χ4v) is 3.24. The molecule has 2 atom stereocenters. The highest BCUT2D eigenvalue weighted by molar-refractivity contribution is 5.76. The van der Waals surface area contributed by atoms with Crippen molar-refractivity contribution < 1.29 is 14.1 Å². The number of nitrogens with zero attached hydrogens (tertiary/aromatic N) is 3. The second kappa shape index (κ2) is 7.57. The lowest BCUT2D eigenvalue weighted by Crippen LogP contribution is -2.30. The van der Waals surface area contributed by atoms with Crippen molar-refractivity contribution in [1.29, 1.82) is 0 Å². The van der Waals surface area contributed by atoms with Crippen LogP contribution < -0.4 is 0 Å². The van der Waals surface area contributed by atoms with Crippen molar-refractivity contribution in [1.82, 2.24) is 15.0 Å². The van der Waals surface area contributed by atoms with E-state index in [1.165, 1.54) is 0 Å². The molecule has 6 nitrogen and oxygen atoms in total. The number of amides is 1. The van der Waals surface area contributed by atoms with E-state index in [9.17, 15) is 4.79 Å². The third kappa shape index (κ3) is 4.00. The topological polar surface area (TPSA) is 68.5 Å². The zero-order valence-electron chi connectivity index (χ0n) is 14.1. The number of aromatic nitrogens is 2. The van der Waals surface area contributed by atoms with Crippen molar-refractivity contribution in [2.75, 3.05) is 20.2 Å². The molecule has 128 valence electrons. The molecule has 2 aromatic rings. The summed E-state index contributed by atoms with van der Waals surface area (Å²) in [6.45, 7) is 3.25. The molecule has 0 radical (unpaired) electrons. The van der Waals surface area contributed by atoms with Crippen LogP contribution in [0, 0.1) is 12.8 Å². The van der Waals surface area contributed by atoms with Gasteiger partial charge in [-0.15, -0.1) is 0 Å². The number of carbonyl (C=O) groups is 1. The Balaban J connectivity index is 1.55. The van der Waals surface area contributed by atoms with E-state index in [1.807, 2.05) is 30.0 Å². The van der Waals surface area contributed by atoms with Crippen molar-refractivity contribution in [3.8, 4) is 0 Å². The highest BCUT2D eigenvalue weighted by atomic mass is 16.5. The number of rotatable bonds is 6. The minimum Gasteiger partial charge on any atom is -0.379 e. The number of carbonyl (C=O) groups excluding carboxylic acids is 1. The fraction of sp³-hybridized carbons (Fsp3) is 0.500. The van der Waals surface area contributed by atoms with Gasteiger partial charge in [-0.05, 0) is 31.0 Å². The Hall–Kier alpha value is -2.21. The molecule has 6 heteroatoms. The summed E-state index contributed by atoms with van der Waals surface area (Å²) >= 11 is 0. The molecular weight excluding hydrogens is 306 g/mol. The second-order valence-corrected chi connectivity index (χ2v) is 6.33. The summed E-state index contributed by atoms with van der Waals surface area (Å²) in [6, 6.07) is 5.84. The lowest BCUT2D eigenvalue weighted by molar-refractivity contribution is -0.130. The number of aryl methyl sites for hydroxylation is 2. The van der Waals surface area contributed by atoms with Crippen LogP contribution in [0.5, 0.6) is 0 Å². The van der Waals surface area contributed by atoms with E-state index in [4.69, 9.17) is 9.26 Å². The van der Waals surface area contributed by atoms with E-state index >= 15 is 0 Å². The lowest BCUT2D eigenvalue weighted by Gasteiger charge is -2.16. The van der Waals surface area contributed by atoms with E-state index in [0.717, 1.165) is 29.9 Å². The van der Waals surface area contributed by atoms with Crippen LogP contribution in [-0.4, -0.2) is 47.3 Å². The summed E-state index contributed by atoms with van der Waals surface area (Å²) in [7, 11) is 1.70. The van der Waals surface area contributed by atoms with E-state index < -0.39 is 0 Å². The summed E-state index contributed by atoms with van der Waals surface area (Å²) < 4.78 is 10.9. The summed E-state index contributed by atoms with van der Waals surface area (Å²) in [5.74, 6) is 1.27. The van der Waals surface area contributed by atoms with Gasteiger partial charge in [0.15, 0.2) is 0 Å². The molecule has 2 aromatic heterocycles. The molecule has 0 aromatic carbocycles. The summed E-state index contributed by atoms with van der Waals surface area (Å²) in [5, 5.41) is 3.93. The minimum atomic E-state index is 0.0419. The van der Waals surface area contributed by atoms with Crippen molar-refractivity contribution in [2.24, 2.45) is 5.92 Å². The average Bonchev–Trinajstić information content (AvgIpc) is 3.20. The third-order valence-corrected chi connectivity index (χ3v) is 4.55. The number of pyridine rings is 1. The van der Waals surface area contributed by atoms with E-state index in [1.54, 1.807) is 19.5 Å². The maximum atomic E-state index is 12.5. The zero-order valence-corrected chi connectivity index (χ0v) is 14.1. The standard InChI is InChI=1S/C18H23N3O3/c1-13-9-16(24-20-13)10-15-11-21(12-17(15)23-2)18(22)4-3-14-5-7-19-8-6-14/h5-9,15,17H,3-4,10-12H2,1-2H3/t15-,17+/m1/s1. The first-order valence-corrected chi connectivity index (χ1v) is 8.27. The van der Waals surface area contributed by atoms with Gasteiger partial charge in [0.05, 0.1) is 11.8 Å². The monoisotopic (exact) mass is 329 g/mol. The van der Waals surface area contributed by atoms with Gasteiger partial charge in [-0.3, -0.25) is 9.78 Å². The van der Waals surface area contributed by atoms with Gasteiger partial charge >= 0.3 is 0 Å². The summed E-state index contributed by atoms with van der Waals surface area (Å²) in [4.78, 5) is 18.4. The number of methoxy groups -OCH3 is 1. The SMILES string of the molecule is CO[C@H]1CN(C(=O)CCc2ccncc2)C[C@H]1Cc1cc(C)no1. The molecule has 0 aliphatic carbocycles. The quantitative estimate of drug-likeness (QED) is 0.811. The van der Waals surface area contributed by atoms with Gasteiger partial charge < -0.3 is 14.2 Å². The molecule has 1 aliphatic heterocycles. The van der Waals surface area contributed by atoms with Crippen LogP contribution in [-0.2, 0) is 22.4 Å². The van der Waals surface area contributed by atoms with Gasteiger partial charge in [0.1, 0.15) is 5.76 Å². The highest BCUT2D eigenvalue weighted by Crippen LogP contribution is 2.24. The first-order chi connectivity index (χ1) is 11.7. The van der Waals surface area contributed by atoms with Crippen LogP contribution in [0.15, 0.2) is 35.1 Å². The molecule has 0 spiro atoms. The van der Waals surface area contributed by atoms with Crippen molar-refractivity contribution in [2.45, 2.75) is 32.3 Å². The van der Waals surface area contributed by atoms with Gasteiger partial charge in [0, 0.05) is 57.4 Å². The molecule has 3 rings (SSSR count). The zero-order chi connectivity index (χ0) is 16.9. The first kappa shape index (κ1) is 16.6. The van der Waals surface area contributed by atoms with Crippen LogP contribution in [0.3, 0.4) is 0 Å². The van der Waals surface area contributed by atoms with Crippen molar-refractivity contribution in [3.05, 3.63) is 47.6 Å². The van der Waals surface area contributed by atoms with Crippen LogP contribution in [0.2, 0.25) is 0 Å². The molecule has 3 heterocycles. The normalized spacial score (nSPS) is 20.5. The van der Waals surface area contributed by atoms with Crippen LogP contribution in [0.25, 0.3) is 0 Å². The molecule has 1 fully saturated rings. The van der Waals surface area contributed by atoms with Crippen molar-refractivity contribution in [3.63, 3.8) is 0 Å². The number of ether oxygens (including phenoxy) is 1. The smallest absolute Gasteiger partial charge is 0.223 e. The number of likely N-dealkylation sites (tertiary alicyclic amines) is 1. The van der Waals surface area contributed by atoms with Gasteiger partial charge in [0.2, 0.25) is 5.91 Å². The summed E-state index contributed by atoms with van der Waals surface area (Å²) in [5.41, 5.74) is 2.01. The maximum Gasteiger partial charge on any atom is 0.223 e. The first-order valence-electron chi connectivity index (χ1n) is 8.27. The molecule has 0 unspecified atom stereocenters. The molecule has 0 saturated carbocycles. The Morgan fingerprint density at radius 1 is 1.38 bits per heavy atom. The van der Waals surface area contributed by atoms with Crippen LogP contribution >= 0.6 is 0 Å². The third-order valence-electron chi connectivity index (χ3n) is 4.55. The molecule has 0 N–H and O–H groups in total. The molecular formula is C18H23N3O3. The van der Waals surface area contributed by atoms with Gasteiger partial charge in [-0.2, -0.15) is 0 Å². The van der Waals surface area contributed by atoms with Crippen LogP contribution in [0.1, 0.15) is 23.4 Å². The Kier molecular flexibility index (Phi) is 5.25. The molecule has 1 saturated heterocycles. The van der Waals surface area contributed by atoms with Gasteiger partial charge in [-0.25, -0.2) is 0 Å². The van der Waals surface area contributed by atoms with Gasteiger partial charge in [-0.1, -0.05) is 5.16 Å². The Labute approximate surface area is 141 Å². The molecule has 24 heavy (non-hydrogen) atoms. The average molecular weight is 329 g/mol. The Bertz CT molecular complexity index is 671. The highest BCUT2D eigenvalue weighted by Gasteiger charge is 2.35. The van der Waals surface area contributed by atoms with Crippen molar-refractivity contribution >= 4 is 5.91 Å². The van der Waals surface area contributed by atoms with E-state index in [2.05, 4.69) is 10.1 Å². The number of hydrogen-bond donors (Lipinski definition) is 0. The van der Waals surface area contributed by atoms with Crippen LogP contribution in [0.4, 0.5) is 0 Å². The Morgan fingerprint density at radius 3 is 2.83 bits per heavy atom. The van der Waals surface area contributed by atoms with E-state index in [0.29, 0.717) is 19.5 Å². The summed E-state index contributed by atoms with van der Waals surface area (Å²) in [6.07, 6.45) is 5.54. The minimum absolute atomic E-state index is 0.0419. The molecule has 0 bridgehead atoms. The van der Waals surface area contributed by atoms with E-state index in [-0.39, 0.29) is 17.9 Å². The Morgan fingerprint density at radius 2 is 2.17 bits per heavy atom. The number of hydrogen-bond acceptors (Lipinski definition) is 5.